The lowest BCUT2D eigenvalue weighted by molar-refractivity contribution is -0.116. The molecule has 0 saturated carbocycles. The van der Waals surface area contributed by atoms with Gasteiger partial charge in [-0.2, -0.15) is 0 Å². The van der Waals surface area contributed by atoms with Crippen molar-refractivity contribution in [1.29, 1.82) is 0 Å². The zero-order valence-electron chi connectivity index (χ0n) is 13.8. The maximum absolute atomic E-state index is 12.0. The molecule has 0 aromatic heterocycles. The maximum atomic E-state index is 12.0. The number of para-hydroxylation sites is 1. The van der Waals surface area contributed by atoms with Crippen LogP contribution in [-0.4, -0.2) is 25.5 Å². The van der Waals surface area contributed by atoms with Crippen molar-refractivity contribution in [3.63, 3.8) is 0 Å². The Bertz CT molecular complexity index is 762. The molecule has 3 rings (SSSR count). The molecular formula is C20H20Cl2N2O. The molecule has 1 heterocycles. The van der Waals surface area contributed by atoms with Crippen LogP contribution in [0.3, 0.4) is 0 Å². The molecular weight excluding hydrogens is 355 g/mol. The highest BCUT2D eigenvalue weighted by Crippen LogP contribution is 2.24. The van der Waals surface area contributed by atoms with Gasteiger partial charge in [0.1, 0.15) is 0 Å². The van der Waals surface area contributed by atoms with Crippen molar-refractivity contribution in [1.82, 2.24) is 5.32 Å². The zero-order chi connectivity index (χ0) is 17.6. The lowest BCUT2D eigenvalue weighted by atomic mass is 10.1. The van der Waals surface area contributed by atoms with Crippen LogP contribution in [0.1, 0.15) is 12.0 Å². The Kier molecular flexibility index (Phi) is 6.00. The third-order valence-corrected chi connectivity index (χ3v) is 5.08. The van der Waals surface area contributed by atoms with Crippen molar-refractivity contribution in [2.75, 3.05) is 24.5 Å². The molecule has 2 aromatic carbocycles. The normalized spacial score (nSPS) is 17.2. The summed E-state index contributed by atoms with van der Waals surface area (Å²) in [7, 11) is 0. The number of nitrogens with zero attached hydrogens (tertiary/aromatic N) is 1. The van der Waals surface area contributed by atoms with Gasteiger partial charge in [0.05, 0.1) is 10.0 Å². The summed E-state index contributed by atoms with van der Waals surface area (Å²) in [6.07, 6.45) is 4.36. The van der Waals surface area contributed by atoms with Crippen LogP contribution in [0.15, 0.2) is 54.6 Å². The average Bonchev–Trinajstić information content (AvgIpc) is 3.11. The number of anilines is 1. The second-order valence-electron chi connectivity index (χ2n) is 6.19. The Morgan fingerprint density at radius 1 is 1.16 bits per heavy atom. The van der Waals surface area contributed by atoms with Crippen LogP contribution in [0.5, 0.6) is 0 Å². The smallest absolute Gasteiger partial charge is 0.244 e. The first kappa shape index (κ1) is 17.8. The van der Waals surface area contributed by atoms with Gasteiger partial charge in [-0.1, -0.05) is 47.5 Å². The van der Waals surface area contributed by atoms with Crippen molar-refractivity contribution in [2.24, 2.45) is 5.92 Å². The minimum absolute atomic E-state index is 0.0933. The topological polar surface area (TPSA) is 32.3 Å². The number of halogens is 2. The minimum atomic E-state index is -0.0933. The van der Waals surface area contributed by atoms with E-state index in [4.69, 9.17) is 23.2 Å². The molecule has 1 aliphatic rings. The fourth-order valence-corrected chi connectivity index (χ4v) is 3.27. The molecule has 2 aromatic rings. The highest BCUT2D eigenvalue weighted by molar-refractivity contribution is 6.42. The van der Waals surface area contributed by atoms with Crippen LogP contribution in [0, 0.1) is 5.92 Å². The van der Waals surface area contributed by atoms with Gasteiger partial charge < -0.3 is 10.2 Å². The summed E-state index contributed by atoms with van der Waals surface area (Å²) in [6, 6.07) is 15.7. The fraction of sp³-hybridized carbons (Fsp3) is 0.250. The summed E-state index contributed by atoms with van der Waals surface area (Å²) in [6.45, 7) is 2.69. The molecule has 0 aliphatic carbocycles. The number of carbonyl (C=O) groups is 1. The monoisotopic (exact) mass is 374 g/mol. The number of hydrogen-bond donors (Lipinski definition) is 1. The van der Waals surface area contributed by atoms with Gasteiger partial charge in [0.15, 0.2) is 0 Å². The van der Waals surface area contributed by atoms with Crippen LogP contribution in [0.4, 0.5) is 5.69 Å². The Morgan fingerprint density at radius 2 is 1.96 bits per heavy atom. The van der Waals surface area contributed by atoms with E-state index < -0.39 is 0 Å². The largest absolute Gasteiger partial charge is 0.371 e. The minimum Gasteiger partial charge on any atom is -0.371 e. The van der Waals surface area contributed by atoms with Crippen LogP contribution in [-0.2, 0) is 4.79 Å². The molecule has 1 amide bonds. The van der Waals surface area contributed by atoms with Gasteiger partial charge in [-0.25, -0.2) is 0 Å². The third-order valence-electron chi connectivity index (χ3n) is 4.34. The summed E-state index contributed by atoms with van der Waals surface area (Å²) >= 11 is 11.9. The molecule has 1 N–H and O–H groups in total. The van der Waals surface area contributed by atoms with Crippen molar-refractivity contribution >= 4 is 40.9 Å². The van der Waals surface area contributed by atoms with Crippen molar-refractivity contribution < 1.29 is 4.79 Å². The number of rotatable bonds is 5. The fourth-order valence-electron chi connectivity index (χ4n) is 2.96. The highest BCUT2D eigenvalue weighted by Gasteiger charge is 2.22. The van der Waals surface area contributed by atoms with E-state index >= 15 is 0 Å². The number of hydrogen-bond acceptors (Lipinski definition) is 2. The first-order valence-electron chi connectivity index (χ1n) is 8.33. The molecule has 1 aliphatic heterocycles. The molecule has 0 radical (unpaired) electrons. The predicted octanol–water partition coefficient (Wildman–Crippen LogP) is 4.65. The zero-order valence-corrected chi connectivity index (χ0v) is 15.3. The van der Waals surface area contributed by atoms with Gasteiger partial charge in [0, 0.05) is 31.4 Å². The Balaban J connectivity index is 1.46. The summed E-state index contributed by atoms with van der Waals surface area (Å²) in [4.78, 5) is 14.4. The van der Waals surface area contributed by atoms with Crippen molar-refractivity contribution in [2.45, 2.75) is 6.42 Å². The third kappa shape index (κ3) is 5.00. The summed E-state index contributed by atoms with van der Waals surface area (Å²) < 4.78 is 0. The van der Waals surface area contributed by atoms with Gasteiger partial charge in [0.2, 0.25) is 5.91 Å². The number of carbonyl (C=O) groups excluding carboxylic acids is 1. The molecule has 0 spiro atoms. The maximum Gasteiger partial charge on any atom is 0.244 e. The molecule has 1 fully saturated rings. The molecule has 1 saturated heterocycles. The second kappa shape index (κ2) is 8.41. The average molecular weight is 375 g/mol. The van der Waals surface area contributed by atoms with Crippen LogP contribution < -0.4 is 10.2 Å². The van der Waals surface area contributed by atoms with E-state index in [1.165, 1.54) is 11.8 Å². The summed E-state index contributed by atoms with van der Waals surface area (Å²) in [5.74, 6) is 0.381. The summed E-state index contributed by atoms with van der Waals surface area (Å²) in [5.41, 5.74) is 2.09. The van der Waals surface area contributed by atoms with Crippen LogP contribution in [0.2, 0.25) is 10.0 Å². The second-order valence-corrected chi connectivity index (χ2v) is 7.00. The SMILES string of the molecule is O=C(C=Cc1ccc(Cl)c(Cl)c1)NCC1CCN(c2ccccc2)C1. The van der Waals surface area contributed by atoms with Crippen molar-refractivity contribution in [3.05, 3.63) is 70.2 Å². The van der Waals surface area contributed by atoms with E-state index in [2.05, 4.69) is 34.5 Å². The van der Waals surface area contributed by atoms with Gasteiger partial charge in [-0.3, -0.25) is 4.79 Å². The number of nitrogens with one attached hydrogen (secondary N) is 1. The van der Waals surface area contributed by atoms with Crippen LogP contribution >= 0.6 is 23.2 Å². The Hall–Kier alpha value is -1.97. The van der Waals surface area contributed by atoms with Gasteiger partial charge in [-0.15, -0.1) is 0 Å². The first-order valence-corrected chi connectivity index (χ1v) is 9.08. The molecule has 5 heteroatoms. The number of benzene rings is 2. The molecule has 1 atom stereocenters. The molecule has 130 valence electrons. The Morgan fingerprint density at radius 3 is 2.72 bits per heavy atom. The Labute approximate surface area is 158 Å². The van der Waals surface area contributed by atoms with Crippen LogP contribution in [0.25, 0.3) is 6.08 Å². The lowest BCUT2D eigenvalue weighted by Crippen LogP contribution is -2.29. The van der Waals surface area contributed by atoms with Gasteiger partial charge in [-0.05, 0) is 48.2 Å². The molecule has 1 unspecified atom stereocenters. The van der Waals surface area contributed by atoms with E-state index in [1.807, 2.05) is 12.1 Å². The van der Waals surface area contributed by atoms with Crippen molar-refractivity contribution in [3.8, 4) is 0 Å². The standard InChI is InChI=1S/C20H20Cl2N2O/c21-18-8-6-15(12-19(18)22)7-9-20(25)23-13-16-10-11-24(14-16)17-4-2-1-3-5-17/h1-9,12,16H,10-11,13-14H2,(H,23,25). The van der Waals surface area contributed by atoms with E-state index in [0.717, 1.165) is 25.1 Å². The first-order chi connectivity index (χ1) is 12.1. The molecule has 3 nitrogen and oxygen atoms in total. The predicted molar refractivity (Wildman–Crippen MR) is 105 cm³/mol. The van der Waals surface area contributed by atoms with E-state index in [0.29, 0.717) is 22.5 Å². The number of amides is 1. The van der Waals surface area contributed by atoms with E-state index in [9.17, 15) is 4.79 Å². The molecule has 25 heavy (non-hydrogen) atoms. The highest BCUT2D eigenvalue weighted by atomic mass is 35.5. The summed E-state index contributed by atoms with van der Waals surface area (Å²) in [5, 5.41) is 3.97. The van der Waals surface area contributed by atoms with Gasteiger partial charge >= 0.3 is 0 Å². The quantitative estimate of drug-likeness (QED) is 0.772. The lowest BCUT2D eigenvalue weighted by Gasteiger charge is -2.18. The molecule has 0 bridgehead atoms. The van der Waals surface area contributed by atoms with E-state index in [1.54, 1.807) is 18.2 Å². The van der Waals surface area contributed by atoms with E-state index in [-0.39, 0.29) is 5.91 Å². The van der Waals surface area contributed by atoms with Gasteiger partial charge in [0.25, 0.3) is 0 Å².